The Morgan fingerprint density at radius 3 is 2.08 bits per heavy atom. The van der Waals surface area contributed by atoms with Crippen LogP contribution in [0.1, 0.15) is 46.1 Å². The molecule has 0 amide bonds. The van der Waals surface area contributed by atoms with Gasteiger partial charge >= 0.3 is 7.12 Å². The first-order valence-electron chi connectivity index (χ1n) is 9.09. The van der Waals surface area contributed by atoms with Crippen molar-refractivity contribution in [1.82, 2.24) is 4.90 Å². The molecular weight excluding hydrogens is 297 g/mol. The Labute approximate surface area is 147 Å². The van der Waals surface area contributed by atoms with Gasteiger partial charge < -0.3 is 14.2 Å². The molecule has 0 spiro atoms. The van der Waals surface area contributed by atoms with E-state index < -0.39 is 0 Å². The summed E-state index contributed by atoms with van der Waals surface area (Å²) in [6, 6.07) is 8.56. The first kappa shape index (κ1) is 17.7. The molecule has 3 nitrogen and oxygen atoms in total. The lowest BCUT2D eigenvalue weighted by Crippen LogP contribution is -2.41. The minimum absolute atomic E-state index is 0.276. The molecule has 0 saturated carbocycles. The van der Waals surface area contributed by atoms with E-state index in [1.165, 1.54) is 31.5 Å². The molecule has 0 atom stereocenters. The average molecular weight is 327 g/mol. The van der Waals surface area contributed by atoms with E-state index in [0.717, 1.165) is 5.46 Å². The molecule has 0 unspecified atom stereocenters. The third kappa shape index (κ3) is 3.76. The number of allylic oxidation sites excluding steroid dienone is 1. The van der Waals surface area contributed by atoms with Crippen LogP contribution >= 0.6 is 0 Å². The number of benzene rings is 1. The maximum absolute atomic E-state index is 6.11. The molecule has 2 fully saturated rings. The van der Waals surface area contributed by atoms with E-state index in [9.17, 15) is 0 Å². The number of hydrogen-bond acceptors (Lipinski definition) is 3. The Kier molecular flexibility index (Phi) is 4.92. The Morgan fingerprint density at radius 1 is 1.00 bits per heavy atom. The average Bonchev–Trinajstić information content (AvgIpc) is 2.75. The number of nitrogens with zero attached hydrogens (tertiary/aromatic N) is 1. The van der Waals surface area contributed by atoms with Crippen LogP contribution in [0.25, 0.3) is 6.08 Å². The van der Waals surface area contributed by atoms with Crippen molar-refractivity contribution in [3.05, 3.63) is 35.9 Å². The molecule has 3 rings (SSSR count). The minimum Gasteiger partial charge on any atom is -0.399 e. The van der Waals surface area contributed by atoms with Gasteiger partial charge in [-0.3, -0.25) is 0 Å². The van der Waals surface area contributed by atoms with Gasteiger partial charge in [-0.25, -0.2) is 0 Å². The fourth-order valence-electron chi connectivity index (χ4n) is 3.21. The molecule has 2 saturated heterocycles. The summed E-state index contributed by atoms with van der Waals surface area (Å²) in [6.45, 7) is 10.8. The van der Waals surface area contributed by atoms with Gasteiger partial charge in [-0.05, 0) is 77.6 Å². The van der Waals surface area contributed by atoms with Crippen molar-refractivity contribution in [3.8, 4) is 0 Å². The van der Waals surface area contributed by atoms with E-state index in [0.29, 0.717) is 5.92 Å². The van der Waals surface area contributed by atoms with Crippen LogP contribution in [0, 0.1) is 5.92 Å². The van der Waals surface area contributed by atoms with Gasteiger partial charge in [0.2, 0.25) is 0 Å². The van der Waals surface area contributed by atoms with Gasteiger partial charge in [0.25, 0.3) is 0 Å². The summed E-state index contributed by atoms with van der Waals surface area (Å²) in [4.78, 5) is 2.41. The highest BCUT2D eigenvalue weighted by molar-refractivity contribution is 6.62. The third-order valence-electron chi connectivity index (χ3n) is 5.79. The number of rotatable bonds is 3. The zero-order valence-electron chi connectivity index (χ0n) is 15.7. The highest BCUT2D eigenvalue weighted by Gasteiger charge is 2.51. The highest BCUT2D eigenvalue weighted by Crippen LogP contribution is 2.36. The van der Waals surface area contributed by atoms with Gasteiger partial charge in [0.05, 0.1) is 11.2 Å². The minimum atomic E-state index is -0.287. The Hall–Kier alpha value is -1.10. The molecule has 0 N–H and O–H groups in total. The topological polar surface area (TPSA) is 21.7 Å². The van der Waals surface area contributed by atoms with Crippen LogP contribution in [0.2, 0.25) is 0 Å². The largest absolute Gasteiger partial charge is 0.494 e. The molecule has 4 heteroatoms. The standard InChI is InChI=1S/C20H30BNO2/c1-19(2)20(3,4)24-21(23-19)18-10-8-16(9-11-18)6-7-17-12-14-22(5)15-13-17/h6-11,17H,12-15H2,1-5H3/b7-6+. The van der Waals surface area contributed by atoms with Gasteiger partial charge in [-0.1, -0.05) is 36.4 Å². The first-order chi connectivity index (χ1) is 11.3. The second kappa shape index (κ2) is 6.66. The molecule has 2 aliphatic rings. The number of piperidine rings is 1. The second-order valence-electron chi connectivity index (χ2n) is 8.25. The molecule has 1 aromatic carbocycles. The van der Waals surface area contributed by atoms with E-state index in [1.807, 2.05) is 0 Å². The van der Waals surface area contributed by atoms with Crippen molar-refractivity contribution in [3.63, 3.8) is 0 Å². The summed E-state index contributed by atoms with van der Waals surface area (Å²) >= 11 is 0. The van der Waals surface area contributed by atoms with E-state index >= 15 is 0 Å². The van der Waals surface area contributed by atoms with Crippen molar-refractivity contribution in [2.75, 3.05) is 20.1 Å². The quantitative estimate of drug-likeness (QED) is 0.795. The van der Waals surface area contributed by atoms with Crippen LogP contribution in [0.3, 0.4) is 0 Å². The Morgan fingerprint density at radius 2 is 1.54 bits per heavy atom. The zero-order chi connectivity index (χ0) is 17.4. The van der Waals surface area contributed by atoms with Crippen LogP contribution in [0.5, 0.6) is 0 Å². The fourth-order valence-corrected chi connectivity index (χ4v) is 3.21. The lowest BCUT2D eigenvalue weighted by Gasteiger charge is -2.32. The molecule has 0 bridgehead atoms. The molecule has 1 aromatic rings. The summed E-state index contributed by atoms with van der Waals surface area (Å²) in [5.74, 6) is 0.712. The predicted molar refractivity (Wildman–Crippen MR) is 101 cm³/mol. The van der Waals surface area contributed by atoms with Crippen molar-refractivity contribution in [2.45, 2.75) is 51.7 Å². The maximum atomic E-state index is 6.11. The van der Waals surface area contributed by atoms with E-state index in [2.05, 4.69) is 76.1 Å². The molecule has 0 aromatic heterocycles. The summed E-state index contributed by atoms with van der Waals surface area (Å²) < 4.78 is 12.2. The van der Waals surface area contributed by atoms with Crippen molar-refractivity contribution in [2.24, 2.45) is 5.92 Å². The highest BCUT2D eigenvalue weighted by atomic mass is 16.7. The maximum Gasteiger partial charge on any atom is 0.494 e. The van der Waals surface area contributed by atoms with E-state index in [4.69, 9.17) is 9.31 Å². The molecular formula is C20H30BNO2. The predicted octanol–water partition coefficient (Wildman–Crippen LogP) is 3.34. The molecule has 0 radical (unpaired) electrons. The lowest BCUT2D eigenvalue weighted by atomic mass is 9.79. The van der Waals surface area contributed by atoms with Crippen LogP contribution < -0.4 is 5.46 Å². The monoisotopic (exact) mass is 327 g/mol. The van der Waals surface area contributed by atoms with Crippen molar-refractivity contribution >= 4 is 18.7 Å². The Bertz CT molecular complexity index is 570. The van der Waals surface area contributed by atoms with Gasteiger partial charge in [0, 0.05) is 0 Å². The summed E-state index contributed by atoms with van der Waals surface area (Å²) in [5.41, 5.74) is 1.76. The van der Waals surface area contributed by atoms with Gasteiger partial charge in [0.1, 0.15) is 0 Å². The summed E-state index contributed by atoms with van der Waals surface area (Å²) in [6.07, 6.45) is 7.15. The van der Waals surface area contributed by atoms with Crippen LogP contribution in [-0.2, 0) is 9.31 Å². The fraction of sp³-hybridized carbons (Fsp3) is 0.600. The third-order valence-corrected chi connectivity index (χ3v) is 5.79. The SMILES string of the molecule is CN1CCC(/C=C/c2ccc(B3OC(C)(C)C(C)(C)O3)cc2)CC1. The van der Waals surface area contributed by atoms with Crippen molar-refractivity contribution < 1.29 is 9.31 Å². The molecule has 0 aliphatic carbocycles. The van der Waals surface area contributed by atoms with Gasteiger partial charge in [-0.2, -0.15) is 0 Å². The smallest absolute Gasteiger partial charge is 0.399 e. The van der Waals surface area contributed by atoms with E-state index in [-0.39, 0.29) is 18.3 Å². The number of likely N-dealkylation sites (tertiary alicyclic amines) is 1. The normalized spacial score (nSPS) is 24.8. The van der Waals surface area contributed by atoms with E-state index in [1.54, 1.807) is 0 Å². The summed E-state index contributed by atoms with van der Waals surface area (Å²) in [5, 5.41) is 0. The van der Waals surface area contributed by atoms with Crippen molar-refractivity contribution in [1.29, 1.82) is 0 Å². The molecule has 130 valence electrons. The van der Waals surface area contributed by atoms with Crippen LogP contribution in [0.4, 0.5) is 0 Å². The number of hydrogen-bond donors (Lipinski definition) is 0. The first-order valence-corrected chi connectivity index (χ1v) is 9.09. The van der Waals surface area contributed by atoms with Gasteiger partial charge in [0.15, 0.2) is 0 Å². The van der Waals surface area contributed by atoms with Gasteiger partial charge in [-0.15, -0.1) is 0 Å². The summed E-state index contributed by atoms with van der Waals surface area (Å²) in [7, 11) is 1.93. The molecule has 24 heavy (non-hydrogen) atoms. The van der Waals surface area contributed by atoms with Crippen LogP contribution in [-0.4, -0.2) is 43.4 Å². The van der Waals surface area contributed by atoms with Crippen LogP contribution in [0.15, 0.2) is 30.3 Å². The zero-order valence-corrected chi connectivity index (χ0v) is 15.7. The molecule has 2 aliphatic heterocycles. The lowest BCUT2D eigenvalue weighted by molar-refractivity contribution is 0.00578. The molecule has 2 heterocycles. The Balaban J connectivity index is 1.62. The second-order valence-corrected chi connectivity index (χ2v) is 8.25.